The van der Waals surface area contributed by atoms with Crippen molar-refractivity contribution >= 4 is 5.69 Å². The second-order valence-corrected chi connectivity index (χ2v) is 4.48. The summed E-state index contributed by atoms with van der Waals surface area (Å²) in [7, 11) is 0. The molecule has 0 aliphatic rings. The van der Waals surface area contributed by atoms with Crippen LogP contribution in [-0.2, 0) is 6.42 Å². The first kappa shape index (κ1) is 13.6. The van der Waals surface area contributed by atoms with Gasteiger partial charge in [-0.1, -0.05) is 0 Å². The van der Waals surface area contributed by atoms with Crippen LogP contribution < -0.4 is 10.6 Å². The van der Waals surface area contributed by atoms with Crippen molar-refractivity contribution < 1.29 is 0 Å². The number of nitrogens with zero attached hydrogens (tertiary/aromatic N) is 3. The van der Waals surface area contributed by atoms with Crippen LogP contribution in [0.1, 0.15) is 19.5 Å². The molecule has 0 aliphatic heterocycles. The first-order valence-corrected chi connectivity index (χ1v) is 6.86. The van der Waals surface area contributed by atoms with Gasteiger partial charge in [0.15, 0.2) is 0 Å². The summed E-state index contributed by atoms with van der Waals surface area (Å²) in [6, 6.07) is 8.59. The van der Waals surface area contributed by atoms with E-state index in [0.29, 0.717) is 6.54 Å². The molecule has 1 aromatic carbocycles. The van der Waals surface area contributed by atoms with Crippen LogP contribution in [-0.4, -0.2) is 29.2 Å². The predicted octanol–water partition coefficient (Wildman–Crippen LogP) is 2.22. The molecular weight excluding hydrogens is 236 g/mol. The molecule has 2 N–H and O–H groups in total. The fraction of sp³-hybridized carbons (Fsp3) is 0.400. The second kappa shape index (κ2) is 6.38. The number of hydrogen-bond acceptors (Lipinski definition) is 3. The molecule has 2 rings (SSSR count). The third-order valence-electron chi connectivity index (χ3n) is 3.37. The lowest BCUT2D eigenvalue weighted by Crippen LogP contribution is -2.21. The molecule has 0 amide bonds. The van der Waals surface area contributed by atoms with Gasteiger partial charge in [-0.2, -0.15) is 0 Å². The Bertz CT molecular complexity index is 497. The fourth-order valence-corrected chi connectivity index (χ4v) is 2.30. The summed E-state index contributed by atoms with van der Waals surface area (Å²) in [6.07, 6.45) is 4.57. The minimum Gasteiger partial charge on any atom is -0.372 e. The summed E-state index contributed by atoms with van der Waals surface area (Å²) in [4.78, 5) is 6.54. The number of benzene rings is 1. The Kier molecular flexibility index (Phi) is 4.58. The number of anilines is 1. The van der Waals surface area contributed by atoms with Gasteiger partial charge in [-0.3, -0.25) is 0 Å². The van der Waals surface area contributed by atoms with Crippen molar-refractivity contribution in [2.75, 3.05) is 24.5 Å². The number of imidazole rings is 1. The molecule has 0 radical (unpaired) electrons. The molecule has 1 aromatic heterocycles. The summed E-state index contributed by atoms with van der Waals surface area (Å²) >= 11 is 0. The average molecular weight is 258 g/mol. The molecular formula is C15H22N4. The molecule has 4 heteroatoms. The zero-order chi connectivity index (χ0) is 13.7. The Morgan fingerprint density at radius 1 is 1.16 bits per heavy atom. The Balaban J connectivity index is 2.24. The van der Waals surface area contributed by atoms with E-state index < -0.39 is 0 Å². The van der Waals surface area contributed by atoms with Crippen LogP contribution in [0.5, 0.6) is 0 Å². The number of nitrogens with two attached hydrogens (primary N) is 1. The predicted molar refractivity (Wildman–Crippen MR) is 79.9 cm³/mol. The van der Waals surface area contributed by atoms with Crippen LogP contribution in [0.4, 0.5) is 5.69 Å². The third-order valence-corrected chi connectivity index (χ3v) is 3.37. The topological polar surface area (TPSA) is 47.1 Å². The van der Waals surface area contributed by atoms with Crippen LogP contribution in [0.2, 0.25) is 0 Å². The molecule has 0 unspecified atom stereocenters. The van der Waals surface area contributed by atoms with Crippen LogP contribution in [0.15, 0.2) is 36.8 Å². The lowest BCUT2D eigenvalue weighted by atomic mass is 10.2. The van der Waals surface area contributed by atoms with Crippen molar-refractivity contribution in [2.24, 2.45) is 5.73 Å². The van der Waals surface area contributed by atoms with E-state index in [9.17, 15) is 0 Å². The van der Waals surface area contributed by atoms with Gasteiger partial charge in [-0.25, -0.2) is 4.98 Å². The molecule has 2 aromatic rings. The second-order valence-electron chi connectivity index (χ2n) is 4.48. The normalized spacial score (nSPS) is 10.7. The number of aromatic nitrogens is 2. The van der Waals surface area contributed by atoms with Gasteiger partial charge in [-0.15, -0.1) is 0 Å². The molecule has 0 spiro atoms. The molecule has 0 atom stereocenters. The summed E-state index contributed by atoms with van der Waals surface area (Å²) in [6.45, 7) is 7.04. The smallest absolute Gasteiger partial charge is 0.0994 e. The molecule has 102 valence electrons. The Morgan fingerprint density at radius 2 is 1.84 bits per heavy atom. The quantitative estimate of drug-likeness (QED) is 0.864. The maximum absolute atomic E-state index is 5.62. The highest BCUT2D eigenvalue weighted by Crippen LogP contribution is 2.18. The summed E-state index contributed by atoms with van der Waals surface area (Å²) in [5.41, 5.74) is 9.16. The lowest BCUT2D eigenvalue weighted by molar-refractivity contribution is 0.860. The minimum absolute atomic E-state index is 0.642. The van der Waals surface area contributed by atoms with Gasteiger partial charge in [0.05, 0.1) is 6.33 Å². The van der Waals surface area contributed by atoms with Gasteiger partial charge < -0.3 is 15.2 Å². The summed E-state index contributed by atoms with van der Waals surface area (Å²) < 4.78 is 2.10. The first-order chi connectivity index (χ1) is 9.30. The molecule has 0 saturated carbocycles. The largest absolute Gasteiger partial charge is 0.372 e. The maximum Gasteiger partial charge on any atom is 0.0994 e. The van der Waals surface area contributed by atoms with E-state index in [-0.39, 0.29) is 0 Å². The molecule has 4 nitrogen and oxygen atoms in total. The molecule has 19 heavy (non-hydrogen) atoms. The average Bonchev–Trinajstić information content (AvgIpc) is 2.90. The van der Waals surface area contributed by atoms with E-state index in [1.54, 1.807) is 0 Å². The molecule has 0 bridgehead atoms. The SMILES string of the molecule is CCN(CC)c1ccc(-n2cncc2CCN)cc1. The van der Waals surface area contributed by atoms with E-state index in [1.807, 2.05) is 12.5 Å². The van der Waals surface area contributed by atoms with E-state index in [4.69, 9.17) is 5.73 Å². The number of hydrogen-bond donors (Lipinski definition) is 1. The van der Waals surface area contributed by atoms with Crippen molar-refractivity contribution in [1.29, 1.82) is 0 Å². The van der Waals surface area contributed by atoms with Crippen LogP contribution in [0.25, 0.3) is 5.69 Å². The summed E-state index contributed by atoms with van der Waals surface area (Å²) in [5.74, 6) is 0. The van der Waals surface area contributed by atoms with Gasteiger partial charge in [0.1, 0.15) is 0 Å². The van der Waals surface area contributed by atoms with Gasteiger partial charge in [0, 0.05) is 42.8 Å². The standard InChI is InChI=1S/C15H22N4/c1-3-18(4-2)13-5-7-14(8-6-13)19-12-17-11-15(19)9-10-16/h5-8,11-12H,3-4,9-10,16H2,1-2H3. The minimum atomic E-state index is 0.642. The molecule has 0 fully saturated rings. The molecule has 1 heterocycles. The number of rotatable bonds is 6. The van der Waals surface area contributed by atoms with Crippen molar-refractivity contribution in [1.82, 2.24) is 9.55 Å². The third kappa shape index (κ3) is 2.96. The highest BCUT2D eigenvalue weighted by atomic mass is 15.1. The van der Waals surface area contributed by atoms with E-state index >= 15 is 0 Å². The Hall–Kier alpha value is -1.81. The highest BCUT2D eigenvalue weighted by molar-refractivity contribution is 5.51. The van der Waals surface area contributed by atoms with Crippen LogP contribution in [0, 0.1) is 0 Å². The van der Waals surface area contributed by atoms with Crippen molar-refractivity contribution in [3.05, 3.63) is 42.5 Å². The zero-order valence-corrected chi connectivity index (χ0v) is 11.7. The van der Waals surface area contributed by atoms with Gasteiger partial charge >= 0.3 is 0 Å². The van der Waals surface area contributed by atoms with E-state index in [2.05, 4.69) is 52.6 Å². The Morgan fingerprint density at radius 3 is 2.42 bits per heavy atom. The molecule has 0 aliphatic carbocycles. The first-order valence-electron chi connectivity index (χ1n) is 6.86. The summed E-state index contributed by atoms with van der Waals surface area (Å²) in [5, 5.41) is 0. The maximum atomic E-state index is 5.62. The van der Waals surface area contributed by atoms with E-state index in [1.165, 1.54) is 5.69 Å². The van der Waals surface area contributed by atoms with Crippen LogP contribution in [0.3, 0.4) is 0 Å². The van der Waals surface area contributed by atoms with Gasteiger partial charge in [-0.05, 0) is 44.7 Å². The van der Waals surface area contributed by atoms with Crippen molar-refractivity contribution in [3.63, 3.8) is 0 Å². The zero-order valence-electron chi connectivity index (χ0n) is 11.7. The van der Waals surface area contributed by atoms with E-state index in [0.717, 1.165) is 30.9 Å². The van der Waals surface area contributed by atoms with Crippen molar-refractivity contribution in [2.45, 2.75) is 20.3 Å². The highest BCUT2D eigenvalue weighted by Gasteiger charge is 2.05. The monoisotopic (exact) mass is 258 g/mol. The lowest BCUT2D eigenvalue weighted by Gasteiger charge is -2.21. The molecule has 0 saturated heterocycles. The fourth-order valence-electron chi connectivity index (χ4n) is 2.30. The van der Waals surface area contributed by atoms with Crippen molar-refractivity contribution in [3.8, 4) is 5.69 Å². The van der Waals surface area contributed by atoms with Gasteiger partial charge in [0.25, 0.3) is 0 Å². The van der Waals surface area contributed by atoms with Gasteiger partial charge in [0.2, 0.25) is 0 Å². The Labute approximate surface area is 114 Å². The van der Waals surface area contributed by atoms with Crippen LogP contribution >= 0.6 is 0 Å².